The molecule has 0 aromatic heterocycles. The molecule has 0 aliphatic heterocycles. The van der Waals surface area contributed by atoms with Gasteiger partial charge in [0.05, 0.1) is 0 Å². The van der Waals surface area contributed by atoms with Gasteiger partial charge in [-0.15, -0.1) is 11.6 Å². The Balaban J connectivity index is 2.85. The van der Waals surface area contributed by atoms with Crippen LogP contribution in [0.25, 0.3) is 0 Å². The van der Waals surface area contributed by atoms with Crippen LogP contribution < -0.4 is 0 Å². The Hall–Kier alpha value is -0.540. The zero-order valence-corrected chi connectivity index (χ0v) is 9.81. The van der Waals surface area contributed by atoms with E-state index in [2.05, 4.69) is 15.9 Å². The van der Waals surface area contributed by atoms with Gasteiger partial charge in [-0.3, -0.25) is 4.79 Å². The Morgan fingerprint density at radius 1 is 1.50 bits per heavy atom. The van der Waals surface area contributed by atoms with E-state index in [-0.39, 0.29) is 6.42 Å². The minimum absolute atomic E-state index is 0.139. The molecule has 0 amide bonds. The number of alkyl halides is 1. The van der Waals surface area contributed by atoms with Gasteiger partial charge < -0.3 is 5.11 Å². The Kier molecular flexibility index (Phi) is 4.42. The number of aliphatic carboxylic acids is 1. The van der Waals surface area contributed by atoms with Crippen LogP contribution in [0.2, 0.25) is 0 Å². The molecule has 0 radical (unpaired) electrons. The van der Waals surface area contributed by atoms with Gasteiger partial charge in [-0.1, -0.05) is 28.1 Å². The lowest BCUT2D eigenvalue weighted by atomic mass is 10.0. The number of rotatable bonds is 4. The molecule has 0 bridgehead atoms. The first kappa shape index (κ1) is 11.5. The fraction of sp³-hybridized carbons (Fsp3) is 0.300. The van der Waals surface area contributed by atoms with Crippen LogP contribution in [-0.2, 0) is 17.1 Å². The van der Waals surface area contributed by atoms with Crippen LogP contribution in [0.3, 0.4) is 0 Å². The van der Waals surface area contributed by atoms with Crippen LogP contribution in [0.15, 0.2) is 22.7 Å². The molecule has 0 heterocycles. The second-order valence-corrected chi connectivity index (χ2v) is 4.03. The monoisotopic (exact) mass is 276 g/mol. The molecule has 1 aromatic rings. The van der Waals surface area contributed by atoms with E-state index in [1.807, 2.05) is 18.2 Å². The maximum absolute atomic E-state index is 10.4. The number of benzene rings is 1. The van der Waals surface area contributed by atoms with Crippen molar-refractivity contribution in [3.63, 3.8) is 0 Å². The van der Waals surface area contributed by atoms with Crippen molar-refractivity contribution >= 4 is 33.5 Å². The number of hydrogen-bond donors (Lipinski definition) is 1. The average Bonchev–Trinajstić information content (AvgIpc) is 2.14. The molecule has 0 aliphatic carbocycles. The van der Waals surface area contributed by atoms with E-state index < -0.39 is 5.97 Å². The van der Waals surface area contributed by atoms with Crippen molar-refractivity contribution in [2.45, 2.75) is 18.7 Å². The summed E-state index contributed by atoms with van der Waals surface area (Å²) in [4.78, 5) is 10.4. The number of halogens is 2. The predicted molar refractivity (Wildman–Crippen MR) is 59.7 cm³/mol. The molecule has 1 N–H and O–H groups in total. The van der Waals surface area contributed by atoms with Gasteiger partial charge in [-0.05, 0) is 23.6 Å². The van der Waals surface area contributed by atoms with Crippen LogP contribution in [0.4, 0.5) is 0 Å². The standard InChI is InChI=1S/C10H10BrClO2/c11-9-3-1-2-7(8(9)6-12)4-5-10(13)14/h1-3H,4-6H2,(H,13,14). The van der Waals surface area contributed by atoms with E-state index in [1.165, 1.54) is 0 Å². The lowest BCUT2D eigenvalue weighted by Gasteiger charge is -2.07. The highest BCUT2D eigenvalue weighted by Gasteiger charge is 2.06. The molecule has 0 saturated carbocycles. The van der Waals surface area contributed by atoms with Crippen LogP contribution in [0.1, 0.15) is 17.5 Å². The quantitative estimate of drug-likeness (QED) is 0.858. The molecule has 76 valence electrons. The summed E-state index contributed by atoms with van der Waals surface area (Å²) in [5, 5.41) is 8.56. The van der Waals surface area contributed by atoms with E-state index in [9.17, 15) is 4.79 Å². The molecule has 0 spiro atoms. The summed E-state index contributed by atoms with van der Waals surface area (Å²) in [5.74, 6) is -0.387. The van der Waals surface area contributed by atoms with Crippen LogP contribution in [-0.4, -0.2) is 11.1 Å². The fourth-order valence-corrected chi connectivity index (χ4v) is 2.25. The largest absolute Gasteiger partial charge is 0.481 e. The Morgan fingerprint density at radius 3 is 2.79 bits per heavy atom. The summed E-state index contributed by atoms with van der Waals surface area (Å²) < 4.78 is 0.940. The maximum atomic E-state index is 10.4. The zero-order valence-electron chi connectivity index (χ0n) is 7.46. The van der Waals surface area contributed by atoms with Crippen molar-refractivity contribution in [1.82, 2.24) is 0 Å². The van der Waals surface area contributed by atoms with Gasteiger partial charge in [0.25, 0.3) is 0 Å². The summed E-state index contributed by atoms with van der Waals surface area (Å²) in [7, 11) is 0. The van der Waals surface area contributed by atoms with Gasteiger partial charge >= 0.3 is 5.97 Å². The number of carboxylic acid groups (broad SMARTS) is 1. The molecular formula is C10H10BrClO2. The molecule has 0 unspecified atom stereocenters. The second kappa shape index (κ2) is 5.37. The summed E-state index contributed by atoms with van der Waals surface area (Å²) in [6.07, 6.45) is 0.664. The van der Waals surface area contributed by atoms with Crippen LogP contribution >= 0.6 is 27.5 Å². The lowest BCUT2D eigenvalue weighted by Crippen LogP contribution is -2.00. The topological polar surface area (TPSA) is 37.3 Å². The van der Waals surface area contributed by atoms with Crippen LogP contribution in [0, 0.1) is 0 Å². The average molecular weight is 278 g/mol. The number of aryl methyl sites for hydroxylation is 1. The number of carboxylic acids is 1. The van der Waals surface area contributed by atoms with E-state index >= 15 is 0 Å². The molecule has 1 rings (SSSR count). The number of carbonyl (C=O) groups is 1. The van der Waals surface area contributed by atoms with E-state index in [4.69, 9.17) is 16.7 Å². The number of hydrogen-bond acceptors (Lipinski definition) is 1. The Bertz CT molecular complexity index is 339. The third-order valence-corrected chi connectivity index (χ3v) is 2.97. The molecule has 1 aromatic carbocycles. The minimum Gasteiger partial charge on any atom is -0.481 e. The molecule has 0 atom stereocenters. The van der Waals surface area contributed by atoms with E-state index in [0.29, 0.717) is 12.3 Å². The fourth-order valence-electron chi connectivity index (χ4n) is 1.23. The molecule has 4 heteroatoms. The van der Waals surface area contributed by atoms with Crippen molar-refractivity contribution in [2.24, 2.45) is 0 Å². The third kappa shape index (κ3) is 3.00. The van der Waals surface area contributed by atoms with Crippen molar-refractivity contribution in [1.29, 1.82) is 0 Å². The first-order chi connectivity index (χ1) is 6.65. The summed E-state index contributed by atoms with van der Waals surface area (Å²) in [6.45, 7) is 0. The van der Waals surface area contributed by atoms with Gasteiger partial charge in [0.1, 0.15) is 0 Å². The molecule has 0 fully saturated rings. The van der Waals surface area contributed by atoms with Gasteiger partial charge in [-0.25, -0.2) is 0 Å². The van der Waals surface area contributed by atoms with Crippen LogP contribution in [0.5, 0.6) is 0 Å². The normalized spacial score (nSPS) is 10.1. The highest BCUT2D eigenvalue weighted by Crippen LogP contribution is 2.23. The second-order valence-electron chi connectivity index (χ2n) is 2.90. The molecule has 2 nitrogen and oxygen atoms in total. The van der Waals surface area contributed by atoms with Crippen molar-refractivity contribution in [2.75, 3.05) is 0 Å². The van der Waals surface area contributed by atoms with Gasteiger partial charge in [0.15, 0.2) is 0 Å². The predicted octanol–water partition coefficient (Wildman–Crippen LogP) is 3.21. The lowest BCUT2D eigenvalue weighted by molar-refractivity contribution is -0.136. The summed E-state index contributed by atoms with van der Waals surface area (Å²) >= 11 is 9.16. The summed E-state index contributed by atoms with van der Waals surface area (Å²) in [5.41, 5.74) is 1.98. The molecule has 0 saturated heterocycles. The Labute approximate surface area is 96.0 Å². The Morgan fingerprint density at radius 2 is 2.21 bits per heavy atom. The third-order valence-electron chi connectivity index (χ3n) is 1.96. The van der Waals surface area contributed by atoms with Gasteiger partial charge in [0, 0.05) is 16.8 Å². The zero-order chi connectivity index (χ0) is 10.6. The van der Waals surface area contributed by atoms with Crippen molar-refractivity contribution in [3.05, 3.63) is 33.8 Å². The van der Waals surface area contributed by atoms with E-state index in [0.717, 1.165) is 15.6 Å². The molecule has 0 aliphatic rings. The van der Waals surface area contributed by atoms with Gasteiger partial charge in [0.2, 0.25) is 0 Å². The molecule has 14 heavy (non-hydrogen) atoms. The first-order valence-electron chi connectivity index (χ1n) is 4.19. The van der Waals surface area contributed by atoms with E-state index in [1.54, 1.807) is 0 Å². The van der Waals surface area contributed by atoms with Gasteiger partial charge in [-0.2, -0.15) is 0 Å². The highest BCUT2D eigenvalue weighted by molar-refractivity contribution is 9.10. The summed E-state index contributed by atoms with van der Waals surface area (Å²) in [6, 6.07) is 5.70. The highest BCUT2D eigenvalue weighted by atomic mass is 79.9. The SMILES string of the molecule is O=C(O)CCc1cccc(Br)c1CCl. The maximum Gasteiger partial charge on any atom is 0.303 e. The molecular weight excluding hydrogens is 267 g/mol. The first-order valence-corrected chi connectivity index (χ1v) is 5.52. The smallest absolute Gasteiger partial charge is 0.303 e. The van der Waals surface area contributed by atoms with Crippen molar-refractivity contribution < 1.29 is 9.90 Å². The minimum atomic E-state index is -0.787. The van der Waals surface area contributed by atoms with Crippen molar-refractivity contribution in [3.8, 4) is 0 Å².